The zero-order valence-corrected chi connectivity index (χ0v) is 22.0. The van der Waals surface area contributed by atoms with Crippen LogP contribution in [0.1, 0.15) is 10.4 Å². The van der Waals surface area contributed by atoms with E-state index in [1.165, 1.54) is 16.7 Å². The van der Waals surface area contributed by atoms with Crippen LogP contribution in [0.2, 0.25) is 0 Å². The van der Waals surface area contributed by atoms with Crippen LogP contribution in [0, 0.1) is 6.92 Å². The zero-order chi connectivity index (χ0) is 24.9. The summed E-state index contributed by atoms with van der Waals surface area (Å²) in [5.74, 6) is 0.724. The fourth-order valence-electron chi connectivity index (χ4n) is 5.01. The monoisotopic (exact) mass is 527 g/mol. The van der Waals surface area contributed by atoms with Gasteiger partial charge in [-0.25, -0.2) is 18.4 Å². The summed E-state index contributed by atoms with van der Waals surface area (Å²) < 4.78 is 32.1. The number of ether oxygens (including phenoxy) is 1. The van der Waals surface area contributed by atoms with Crippen LogP contribution in [0.3, 0.4) is 0 Å². The van der Waals surface area contributed by atoms with Crippen molar-refractivity contribution < 1.29 is 13.2 Å². The second-order valence-electron chi connectivity index (χ2n) is 9.36. The number of hydrogen-bond acceptors (Lipinski definition) is 9. The highest BCUT2D eigenvalue weighted by Crippen LogP contribution is 2.40. The van der Waals surface area contributed by atoms with Crippen molar-refractivity contribution in [3.63, 3.8) is 0 Å². The molecular weight excluding hydrogens is 498 g/mol. The number of H-pyrrole nitrogens is 1. The lowest BCUT2D eigenvalue weighted by Crippen LogP contribution is -2.47. The van der Waals surface area contributed by atoms with Crippen molar-refractivity contribution in [3.05, 3.63) is 34.8 Å². The predicted molar refractivity (Wildman–Crippen MR) is 142 cm³/mol. The number of sulfonamides is 1. The average molecular weight is 528 g/mol. The number of morpholine rings is 1. The van der Waals surface area contributed by atoms with E-state index in [2.05, 4.69) is 33.0 Å². The Hall–Kier alpha value is -2.64. The number of nitrogens with one attached hydrogen (secondary N) is 1. The Morgan fingerprint density at radius 3 is 2.61 bits per heavy atom. The Morgan fingerprint density at radius 2 is 1.86 bits per heavy atom. The SMILES string of the molecule is Cc1sc2c(-c3cccc4[nH]ncc34)nc(N3CCOCC3)nc2c1CN1CCN(S(C)(=O)=O)CC1. The molecule has 2 saturated heterocycles. The quantitative estimate of drug-likeness (QED) is 0.422. The molecule has 0 unspecified atom stereocenters. The van der Waals surface area contributed by atoms with Crippen LogP contribution in [0.15, 0.2) is 24.4 Å². The lowest BCUT2D eigenvalue weighted by Gasteiger charge is -2.33. The molecular formula is C24H29N7O3S2. The van der Waals surface area contributed by atoms with Crippen LogP contribution in [0.25, 0.3) is 32.4 Å². The van der Waals surface area contributed by atoms with Crippen molar-refractivity contribution in [2.75, 3.05) is 63.6 Å². The molecule has 6 rings (SSSR count). The summed E-state index contributed by atoms with van der Waals surface area (Å²) in [5.41, 5.74) is 5.12. The van der Waals surface area contributed by atoms with Crippen LogP contribution in [-0.2, 0) is 21.3 Å². The summed E-state index contributed by atoms with van der Waals surface area (Å²) in [6.45, 7) is 8.15. The molecule has 2 fully saturated rings. The van der Waals surface area contributed by atoms with Gasteiger partial charge >= 0.3 is 0 Å². The molecule has 36 heavy (non-hydrogen) atoms. The van der Waals surface area contributed by atoms with Gasteiger partial charge in [0.15, 0.2) is 0 Å². The standard InChI is InChI=1S/C24H29N7O3S2/c1-16-19(15-29-6-8-31(9-7-29)36(2,32)33)22-23(35-16)21(17-4-3-5-20-18(17)14-25-28-20)26-24(27-22)30-10-12-34-13-11-30/h3-5,14H,6-13,15H2,1-2H3,(H,25,28). The maximum absolute atomic E-state index is 11.9. The van der Waals surface area contributed by atoms with E-state index in [-0.39, 0.29) is 0 Å². The summed E-state index contributed by atoms with van der Waals surface area (Å²) in [4.78, 5) is 15.9. The van der Waals surface area contributed by atoms with Crippen LogP contribution in [0.4, 0.5) is 5.95 Å². The van der Waals surface area contributed by atoms with Gasteiger partial charge in [0.25, 0.3) is 0 Å². The van der Waals surface area contributed by atoms with Crippen LogP contribution >= 0.6 is 11.3 Å². The Morgan fingerprint density at radius 1 is 1.08 bits per heavy atom. The van der Waals surface area contributed by atoms with Crippen molar-refractivity contribution >= 4 is 48.4 Å². The van der Waals surface area contributed by atoms with Crippen molar-refractivity contribution in [2.45, 2.75) is 13.5 Å². The molecule has 0 radical (unpaired) electrons. The molecule has 2 aliphatic heterocycles. The lowest BCUT2D eigenvalue weighted by molar-refractivity contribution is 0.122. The molecule has 1 N–H and O–H groups in total. The summed E-state index contributed by atoms with van der Waals surface area (Å²) in [6.07, 6.45) is 3.14. The minimum atomic E-state index is -3.16. The van der Waals surface area contributed by atoms with Gasteiger partial charge in [-0.3, -0.25) is 10.00 Å². The molecule has 5 heterocycles. The van der Waals surface area contributed by atoms with E-state index in [1.54, 1.807) is 15.6 Å². The highest BCUT2D eigenvalue weighted by molar-refractivity contribution is 7.88. The first-order valence-corrected chi connectivity index (χ1v) is 14.8. The minimum Gasteiger partial charge on any atom is -0.378 e. The molecule has 0 bridgehead atoms. The number of fused-ring (bicyclic) bond motifs is 2. The summed E-state index contributed by atoms with van der Waals surface area (Å²) in [7, 11) is -3.16. The van der Waals surface area contributed by atoms with Crippen LogP contribution in [0.5, 0.6) is 0 Å². The van der Waals surface area contributed by atoms with E-state index in [0.717, 1.165) is 58.0 Å². The van der Waals surface area contributed by atoms with Gasteiger partial charge in [-0.2, -0.15) is 9.40 Å². The molecule has 3 aromatic heterocycles. The van der Waals surface area contributed by atoms with E-state index in [1.807, 2.05) is 18.3 Å². The minimum absolute atomic E-state index is 0.516. The number of aromatic nitrogens is 4. The Bertz CT molecular complexity index is 1520. The second kappa shape index (κ2) is 9.34. The predicted octanol–water partition coefficient (Wildman–Crippen LogP) is 2.46. The molecule has 0 amide bonds. The number of aryl methyl sites for hydroxylation is 1. The van der Waals surface area contributed by atoms with Gasteiger partial charge < -0.3 is 9.64 Å². The highest BCUT2D eigenvalue weighted by Gasteiger charge is 2.27. The number of benzene rings is 1. The summed E-state index contributed by atoms with van der Waals surface area (Å²) >= 11 is 1.73. The van der Waals surface area contributed by atoms with Crippen molar-refractivity contribution in [2.24, 2.45) is 0 Å². The van der Waals surface area contributed by atoms with E-state index < -0.39 is 10.0 Å². The largest absolute Gasteiger partial charge is 0.378 e. The molecule has 190 valence electrons. The van der Waals surface area contributed by atoms with Gasteiger partial charge in [0.2, 0.25) is 16.0 Å². The molecule has 4 aromatic rings. The maximum atomic E-state index is 11.9. The number of rotatable bonds is 5. The molecule has 0 spiro atoms. The Kier molecular flexibility index (Phi) is 6.16. The smallest absolute Gasteiger partial charge is 0.226 e. The number of anilines is 1. The van der Waals surface area contributed by atoms with Gasteiger partial charge in [0.05, 0.1) is 47.1 Å². The summed E-state index contributed by atoms with van der Waals surface area (Å²) in [5, 5.41) is 8.37. The van der Waals surface area contributed by atoms with Gasteiger partial charge in [-0.1, -0.05) is 12.1 Å². The van der Waals surface area contributed by atoms with Gasteiger partial charge in [-0.15, -0.1) is 11.3 Å². The van der Waals surface area contributed by atoms with Crippen LogP contribution in [-0.4, -0.2) is 96.5 Å². The average Bonchev–Trinajstić information content (AvgIpc) is 3.48. The highest BCUT2D eigenvalue weighted by atomic mass is 32.2. The van der Waals surface area contributed by atoms with Crippen molar-refractivity contribution in [1.82, 2.24) is 29.4 Å². The summed E-state index contributed by atoms with van der Waals surface area (Å²) in [6, 6.07) is 6.15. The number of aromatic amines is 1. The number of nitrogens with zero attached hydrogens (tertiary/aromatic N) is 6. The third-order valence-corrected chi connectivity index (χ3v) is 9.48. The molecule has 12 heteroatoms. The molecule has 1 aromatic carbocycles. The topological polar surface area (TPSA) is 108 Å². The first-order chi connectivity index (χ1) is 17.4. The number of piperazine rings is 1. The fraction of sp³-hybridized carbons (Fsp3) is 0.458. The van der Waals surface area contributed by atoms with E-state index in [9.17, 15) is 8.42 Å². The third-order valence-electron chi connectivity index (χ3n) is 7.04. The second-order valence-corrected chi connectivity index (χ2v) is 12.6. The molecule has 0 saturated carbocycles. The third kappa shape index (κ3) is 4.37. The number of hydrogen-bond donors (Lipinski definition) is 1. The first kappa shape index (κ1) is 23.7. The fourth-order valence-corrected chi connectivity index (χ4v) is 6.95. The van der Waals surface area contributed by atoms with Crippen molar-refractivity contribution in [3.8, 4) is 11.3 Å². The van der Waals surface area contributed by atoms with Gasteiger partial charge in [0, 0.05) is 67.2 Å². The normalized spacial score (nSPS) is 18.4. The zero-order valence-electron chi connectivity index (χ0n) is 20.4. The Labute approximate surface area is 213 Å². The van der Waals surface area contributed by atoms with E-state index in [4.69, 9.17) is 14.7 Å². The van der Waals surface area contributed by atoms with Gasteiger partial charge in [0.1, 0.15) is 0 Å². The number of thiophene rings is 1. The first-order valence-electron chi connectivity index (χ1n) is 12.1. The molecule has 2 aliphatic rings. The van der Waals surface area contributed by atoms with E-state index >= 15 is 0 Å². The lowest BCUT2D eigenvalue weighted by atomic mass is 10.1. The molecule has 0 aliphatic carbocycles. The van der Waals surface area contributed by atoms with Gasteiger partial charge in [-0.05, 0) is 13.0 Å². The molecule has 10 nitrogen and oxygen atoms in total. The maximum Gasteiger partial charge on any atom is 0.226 e. The van der Waals surface area contributed by atoms with Crippen molar-refractivity contribution in [1.29, 1.82) is 0 Å². The van der Waals surface area contributed by atoms with Crippen LogP contribution < -0.4 is 4.90 Å². The Balaban J connectivity index is 1.43. The molecule has 0 atom stereocenters. The van der Waals surface area contributed by atoms with E-state index in [0.29, 0.717) is 39.4 Å².